The zero-order chi connectivity index (χ0) is 13.7. The van der Waals surface area contributed by atoms with Crippen LogP contribution in [0.25, 0.3) is 0 Å². The van der Waals surface area contributed by atoms with Crippen molar-refractivity contribution in [3.63, 3.8) is 0 Å². The number of halogens is 1. The molecule has 5 nitrogen and oxygen atoms in total. The van der Waals surface area contributed by atoms with Gasteiger partial charge in [0.05, 0.1) is 6.21 Å². The maximum Gasteiger partial charge on any atom is 0.252 e. The van der Waals surface area contributed by atoms with Crippen molar-refractivity contribution in [1.29, 1.82) is 0 Å². The number of hydrogen-bond donors (Lipinski definition) is 2. The Morgan fingerprint density at radius 3 is 3.00 bits per heavy atom. The number of hydrogen-bond acceptors (Lipinski definition) is 3. The molecule has 6 heteroatoms. The molecule has 0 radical (unpaired) electrons. The Morgan fingerprint density at radius 1 is 1.47 bits per heavy atom. The molecule has 1 aromatic rings. The maximum absolute atomic E-state index is 11.8. The number of nitrogens with one attached hydrogen (secondary N) is 2. The lowest BCUT2D eigenvalue weighted by Gasteiger charge is -2.19. The first-order chi connectivity index (χ1) is 9.18. The van der Waals surface area contributed by atoms with Gasteiger partial charge in [0.25, 0.3) is 5.91 Å². The van der Waals surface area contributed by atoms with Crippen LogP contribution in [0.5, 0.6) is 0 Å². The van der Waals surface area contributed by atoms with Gasteiger partial charge in [0.2, 0.25) is 5.91 Å². The molecule has 0 unspecified atom stereocenters. The molecule has 1 atom stereocenters. The molecule has 1 heterocycles. The smallest absolute Gasteiger partial charge is 0.252 e. The lowest BCUT2D eigenvalue weighted by molar-refractivity contribution is -0.136. The number of carbonyl (C=O) groups excluding carboxylic acids is 2. The summed E-state index contributed by atoms with van der Waals surface area (Å²) in [7, 11) is 0. The topological polar surface area (TPSA) is 70.6 Å². The molecule has 1 aliphatic rings. The van der Waals surface area contributed by atoms with Gasteiger partial charge in [0.15, 0.2) is 0 Å². The highest BCUT2D eigenvalue weighted by atomic mass is 35.5. The van der Waals surface area contributed by atoms with E-state index in [0.717, 1.165) is 6.42 Å². The second-order valence-electron chi connectivity index (χ2n) is 4.24. The van der Waals surface area contributed by atoms with Crippen molar-refractivity contribution < 1.29 is 9.59 Å². The summed E-state index contributed by atoms with van der Waals surface area (Å²) in [5.74, 6) is -1.28. The molecule has 0 bridgehead atoms. The van der Waals surface area contributed by atoms with Crippen LogP contribution in [-0.2, 0) is 9.59 Å². The molecular weight excluding hydrogens is 266 g/mol. The summed E-state index contributed by atoms with van der Waals surface area (Å²) in [6, 6.07) is 7.15. The third-order valence-corrected chi connectivity index (χ3v) is 3.23. The van der Waals surface area contributed by atoms with Gasteiger partial charge < -0.3 is 5.32 Å². The molecule has 0 aliphatic carbocycles. The molecule has 1 saturated heterocycles. The molecule has 19 heavy (non-hydrogen) atoms. The predicted octanol–water partition coefficient (Wildman–Crippen LogP) is 1.32. The van der Waals surface area contributed by atoms with Gasteiger partial charge in [-0.15, -0.1) is 0 Å². The van der Waals surface area contributed by atoms with Gasteiger partial charge in [0.1, 0.15) is 5.92 Å². The Hall–Kier alpha value is -1.88. The number of piperidine rings is 1. The molecule has 1 aromatic carbocycles. The first kappa shape index (κ1) is 13.5. The Balaban J connectivity index is 1.93. The van der Waals surface area contributed by atoms with Crippen molar-refractivity contribution >= 4 is 29.6 Å². The Bertz CT molecular complexity index is 516. The molecule has 2 amide bonds. The van der Waals surface area contributed by atoms with Crippen molar-refractivity contribution in [2.24, 2.45) is 11.0 Å². The predicted molar refractivity (Wildman–Crippen MR) is 72.9 cm³/mol. The summed E-state index contributed by atoms with van der Waals surface area (Å²) < 4.78 is 0. The van der Waals surface area contributed by atoms with Gasteiger partial charge in [-0.2, -0.15) is 5.10 Å². The van der Waals surface area contributed by atoms with Crippen molar-refractivity contribution in [1.82, 2.24) is 10.7 Å². The molecule has 100 valence electrons. The Labute approximate surface area is 116 Å². The summed E-state index contributed by atoms with van der Waals surface area (Å²) in [5.41, 5.74) is 3.08. The largest absolute Gasteiger partial charge is 0.355 e. The van der Waals surface area contributed by atoms with Gasteiger partial charge >= 0.3 is 0 Å². The molecule has 1 fully saturated rings. The van der Waals surface area contributed by atoms with E-state index < -0.39 is 5.92 Å². The summed E-state index contributed by atoms with van der Waals surface area (Å²) in [4.78, 5) is 23.2. The molecule has 0 aromatic heterocycles. The monoisotopic (exact) mass is 279 g/mol. The van der Waals surface area contributed by atoms with E-state index in [-0.39, 0.29) is 11.8 Å². The van der Waals surface area contributed by atoms with Gasteiger partial charge in [-0.3, -0.25) is 9.59 Å². The third-order valence-electron chi connectivity index (χ3n) is 2.89. The minimum atomic E-state index is -0.655. The molecule has 1 aliphatic heterocycles. The van der Waals surface area contributed by atoms with Crippen molar-refractivity contribution in [3.8, 4) is 0 Å². The number of carbonyl (C=O) groups is 2. The van der Waals surface area contributed by atoms with Crippen LogP contribution < -0.4 is 10.7 Å². The summed E-state index contributed by atoms with van der Waals surface area (Å²) in [6.07, 6.45) is 2.82. The lowest BCUT2D eigenvalue weighted by atomic mass is 9.98. The fraction of sp³-hybridized carbons (Fsp3) is 0.308. The second-order valence-corrected chi connectivity index (χ2v) is 4.65. The second kappa shape index (κ2) is 6.33. The van der Waals surface area contributed by atoms with Crippen LogP contribution in [-0.4, -0.2) is 24.6 Å². The highest BCUT2D eigenvalue weighted by Gasteiger charge is 2.28. The van der Waals surface area contributed by atoms with Crippen LogP contribution in [0, 0.1) is 5.92 Å². The average Bonchev–Trinajstić information content (AvgIpc) is 2.41. The first-order valence-electron chi connectivity index (χ1n) is 6.03. The number of benzene rings is 1. The van der Waals surface area contributed by atoms with E-state index in [9.17, 15) is 9.59 Å². The fourth-order valence-electron chi connectivity index (χ4n) is 1.85. The van der Waals surface area contributed by atoms with E-state index in [1.807, 2.05) is 12.1 Å². The Kier molecular flexibility index (Phi) is 4.52. The van der Waals surface area contributed by atoms with Crippen LogP contribution in [0.3, 0.4) is 0 Å². The van der Waals surface area contributed by atoms with Gasteiger partial charge in [-0.25, -0.2) is 5.43 Å². The zero-order valence-corrected chi connectivity index (χ0v) is 11.0. The minimum absolute atomic E-state index is 0.239. The van der Waals surface area contributed by atoms with E-state index in [0.29, 0.717) is 23.6 Å². The number of hydrazone groups is 1. The quantitative estimate of drug-likeness (QED) is 0.498. The first-order valence-corrected chi connectivity index (χ1v) is 6.41. The van der Waals surface area contributed by atoms with Gasteiger partial charge in [-0.1, -0.05) is 29.8 Å². The molecule has 0 spiro atoms. The van der Waals surface area contributed by atoms with E-state index in [1.165, 1.54) is 6.21 Å². The number of amides is 2. The van der Waals surface area contributed by atoms with Crippen molar-refractivity contribution in [3.05, 3.63) is 34.9 Å². The molecule has 2 N–H and O–H groups in total. The normalized spacial score (nSPS) is 19.2. The highest BCUT2D eigenvalue weighted by molar-refractivity contribution is 6.33. The maximum atomic E-state index is 11.8. The molecule has 2 rings (SSSR count). The standard InChI is InChI=1S/C13H14ClN3O2/c14-11-6-2-1-4-9(11)8-16-17-13(19)10-5-3-7-15-12(10)18/h1-2,4,6,8,10H,3,5,7H2,(H,15,18)(H,17,19)/b16-8-/t10-/m0/s1. The lowest BCUT2D eigenvalue weighted by Crippen LogP contribution is -2.43. The SMILES string of the molecule is O=C1NCCC[C@@H]1C(=O)N/N=C\c1ccccc1Cl. The Morgan fingerprint density at radius 2 is 2.26 bits per heavy atom. The molecular formula is C13H14ClN3O2. The summed E-state index contributed by atoms with van der Waals surface area (Å²) in [6.45, 7) is 0.630. The van der Waals surface area contributed by atoms with E-state index >= 15 is 0 Å². The fourth-order valence-corrected chi connectivity index (χ4v) is 2.03. The van der Waals surface area contributed by atoms with Crippen molar-refractivity contribution in [2.45, 2.75) is 12.8 Å². The van der Waals surface area contributed by atoms with Crippen LogP contribution in [0.4, 0.5) is 0 Å². The van der Waals surface area contributed by atoms with Crippen LogP contribution in [0.1, 0.15) is 18.4 Å². The zero-order valence-electron chi connectivity index (χ0n) is 10.2. The van der Waals surface area contributed by atoms with E-state index in [2.05, 4.69) is 15.8 Å². The number of rotatable bonds is 3. The van der Waals surface area contributed by atoms with E-state index in [1.54, 1.807) is 12.1 Å². The van der Waals surface area contributed by atoms with Crippen LogP contribution >= 0.6 is 11.6 Å². The van der Waals surface area contributed by atoms with Crippen LogP contribution in [0.15, 0.2) is 29.4 Å². The summed E-state index contributed by atoms with van der Waals surface area (Å²) >= 11 is 5.94. The van der Waals surface area contributed by atoms with Gasteiger partial charge in [-0.05, 0) is 18.9 Å². The molecule has 0 saturated carbocycles. The highest BCUT2D eigenvalue weighted by Crippen LogP contribution is 2.13. The van der Waals surface area contributed by atoms with Gasteiger partial charge in [0, 0.05) is 17.1 Å². The minimum Gasteiger partial charge on any atom is -0.355 e. The average molecular weight is 280 g/mol. The third kappa shape index (κ3) is 3.54. The summed E-state index contributed by atoms with van der Waals surface area (Å²) in [5, 5.41) is 7.03. The number of nitrogens with zero attached hydrogens (tertiary/aromatic N) is 1. The van der Waals surface area contributed by atoms with Crippen LogP contribution in [0.2, 0.25) is 5.02 Å². The van der Waals surface area contributed by atoms with E-state index in [4.69, 9.17) is 11.6 Å². The van der Waals surface area contributed by atoms with Crippen molar-refractivity contribution in [2.75, 3.05) is 6.54 Å².